The summed E-state index contributed by atoms with van der Waals surface area (Å²) in [5, 5.41) is 5.54. The Morgan fingerprint density at radius 1 is 0.962 bits per heavy atom. The first kappa shape index (κ1) is 19.2. The van der Waals surface area contributed by atoms with Crippen LogP contribution in [0.5, 0.6) is 0 Å². The minimum absolute atomic E-state index is 0.0318. The number of anilines is 1. The molecule has 0 saturated heterocycles. The van der Waals surface area contributed by atoms with E-state index < -0.39 is 0 Å². The maximum Gasteiger partial charge on any atom is 0.268 e. The van der Waals surface area contributed by atoms with Gasteiger partial charge in [-0.15, -0.1) is 0 Å². The lowest BCUT2D eigenvalue weighted by Crippen LogP contribution is -2.38. The molecule has 2 aromatic rings. The lowest BCUT2D eigenvalue weighted by atomic mass is 10.1. The van der Waals surface area contributed by atoms with Gasteiger partial charge in [0.15, 0.2) is 0 Å². The van der Waals surface area contributed by atoms with Crippen LogP contribution in [-0.4, -0.2) is 32.0 Å². The SMILES string of the molecule is CC(C)NC(=O)C(=Cc1ccc(N(C)C)cc1)NC(=O)c1ccccc1. The van der Waals surface area contributed by atoms with Crippen LogP contribution in [0, 0.1) is 0 Å². The normalized spacial score (nSPS) is 11.2. The molecule has 0 fully saturated rings. The van der Waals surface area contributed by atoms with Gasteiger partial charge in [-0.1, -0.05) is 30.3 Å². The van der Waals surface area contributed by atoms with Crippen molar-refractivity contribution in [1.29, 1.82) is 0 Å². The van der Waals surface area contributed by atoms with Crippen LogP contribution in [0.25, 0.3) is 6.08 Å². The Hall–Kier alpha value is -3.08. The highest BCUT2D eigenvalue weighted by Gasteiger charge is 2.15. The molecule has 0 bridgehead atoms. The molecular formula is C21H25N3O2. The van der Waals surface area contributed by atoms with Crippen molar-refractivity contribution in [3.8, 4) is 0 Å². The fraction of sp³-hybridized carbons (Fsp3) is 0.238. The third-order valence-electron chi connectivity index (χ3n) is 3.67. The molecular weight excluding hydrogens is 326 g/mol. The van der Waals surface area contributed by atoms with Crippen LogP contribution in [0.15, 0.2) is 60.3 Å². The van der Waals surface area contributed by atoms with E-state index in [4.69, 9.17) is 0 Å². The second-order valence-corrected chi connectivity index (χ2v) is 6.49. The standard InChI is InChI=1S/C21H25N3O2/c1-15(2)22-21(26)19(23-20(25)17-8-6-5-7-9-17)14-16-10-12-18(13-11-16)24(3)4/h5-15H,1-4H3,(H,22,26)(H,23,25). The number of hydrogen-bond donors (Lipinski definition) is 2. The quantitative estimate of drug-likeness (QED) is 0.787. The van der Waals surface area contributed by atoms with Crippen LogP contribution in [0.1, 0.15) is 29.8 Å². The van der Waals surface area contributed by atoms with Crippen molar-refractivity contribution in [1.82, 2.24) is 10.6 Å². The summed E-state index contributed by atoms with van der Waals surface area (Å²) >= 11 is 0. The fourth-order valence-electron chi connectivity index (χ4n) is 2.32. The number of carbonyl (C=O) groups is 2. The maximum absolute atomic E-state index is 12.5. The maximum atomic E-state index is 12.5. The molecule has 2 rings (SSSR count). The average Bonchev–Trinajstić information content (AvgIpc) is 2.61. The molecule has 0 atom stereocenters. The van der Waals surface area contributed by atoms with E-state index in [0.717, 1.165) is 11.3 Å². The van der Waals surface area contributed by atoms with Crippen LogP contribution >= 0.6 is 0 Å². The van der Waals surface area contributed by atoms with Gasteiger partial charge in [-0.3, -0.25) is 9.59 Å². The van der Waals surface area contributed by atoms with E-state index in [1.165, 1.54) is 0 Å². The molecule has 0 aliphatic heterocycles. The lowest BCUT2D eigenvalue weighted by Gasteiger charge is -2.14. The van der Waals surface area contributed by atoms with Crippen molar-refractivity contribution in [3.05, 3.63) is 71.4 Å². The monoisotopic (exact) mass is 351 g/mol. The van der Waals surface area contributed by atoms with Gasteiger partial charge in [0.2, 0.25) is 0 Å². The smallest absolute Gasteiger partial charge is 0.268 e. The van der Waals surface area contributed by atoms with Gasteiger partial charge in [-0.25, -0.2) is 0 Å². The van der Waals surface area contributed by atoms with Gasteiger partial charge in [0, 0.05) is 31.4 Å². The molecule has 2 N–H and O–H groups in total. The van der Waals surface area contributed by atoms with Gasteiger partial charge in [-0.2, -0.15) is 0 Å². The minimum Gasteiger partial charge on any atom is -0.378 e. The highest BCUT2D eigenvalue weighted by Crippen LogP contribution is 2.14. The van der Waals surface area contributed by atoms with E-state index in [1.54, 1.807) is 30.3 Å². The molecule has 2 aromatic carbocycles. The zero-order chi connectivity index (χ0) is 19.1. The minimum atomic E-state index is -0.319. The van der Waals surface area contributed by atoms with Crippen LogP contribution in [0.2, 0.25) is 0 Å². The van der Waals surface area contributed by atoms with E-state index in [0.29, 0.717) is 5.56 Å². The molecule has 0 heterocycles. The van der Waals surface area contributed by atoms with Crippen molar-refractivity contribution in [2.24, 2.45) is 0 Å². The second kappa shape index (κ2) is 8.85. The highest BCUT2D eigenvalue weighted by atomic mass is 16.2. The Labute approximate surface area is 154 Å². The molecule has 0 radical (unpaired) electrons. The predicted molar refractivity (Wildman–Crippen MR) is 106 cm³/mol. The first-order valence-electron chi connectivity index (χ1n) is 8.53. The summed E-state index contributed by atoms with van der Waals surface area (Å²) in [4.78, 5) is 26.9. The molecule has 0 spiro atoms. The highest BCUT2D eigenvalue weighted by molar-refractivity contribution is 6.05. The van der Waals surface area contributed by atoms with Gasteiger partial charge in [-0.05, 0) is 49.8 Å². The Morgan fingerprint density at radius 2 is 1.58 bits per heavy atom. The van der Waals surface area contributed by atoms with Crippen LogP contribution in [-0.2, 0) is 4.79 Å². The Balaban J connectivity index is 2.28. The number of nitrogens with zero attached hydrogens (tertiary/aromatic N) is 1. The third-order valence-corrected chi connectivity index (χ3v) is 3.67. The van der Waals surface area contributed by atoms with E-state index in [9.17, 15) is 9.59 Å². The summed E-state index contributed by atoms with van der Waals surface area (Å²) in [7, 11) is 3.93. The molecule has 2 amide bonds. The van der Waals surface area contributed by atoms with Crippen molar-refractivity contribution < 1.29 is 9.59 Å². The van der Waals surface area contributed by atoms with E-state index in [-0.39, 0.29) is 23.6 Å². The topological polar surface area (TPSA) is 61.4 Å². The van der Waals surface area contributed by atoms with E-state index in [1.807, 2.05) is 63.2 Å². The molecule has 0 saturated carbocycles. The van der Waals surface area contributed by atoms with Crippen LogP contribution < -0.4 is 15.5 Å². The van der Waals surface area contributed by atoms with Crippen molar-refractivity contribution in [2.75, 3.05) is 19.0 Å². The molecule has 136 valence electrons. The van der Waals surface area contributed by atoms with Gasteiger partial charge in [0.25, 0.3) is 11.8 Å². The summed E-state index contributed by atoms with van der Waals surface area (Å²) < 4.78 is 0. The third kappa shape index (κ3) is 5.48. The summed E-state index contributed by atoms with van der Waals surface area (Å²) in [6.07, 6.45) is 1.68. The Bertz CT molecular complexity index is 779. The molecule has 0 aliphatic rings. The van der Waals surface area contributed by atoms with Crippen LogP contribution in [0.3, 0.4) is 0 Å². The van der Waals surface area contributed by atoms with E-state index >= 15 is 0 Å². The van der Waals surface area contributed by atoms with Crippen molar-refractivity contribution in [2.45, 2.75) is 19.9 Å². The first-order valence-corrected chi connectivity index (χ1v) is 8.53. The molecule has 0 aromatic heterocycles. The second-order valence-electron chi connectivity index (χ2n) is 6.49. The molecule has 5 heteroatoms. The van der Waals surface area contributed by atoms with Gasteiger partial charge >= 0.3 is 0 Å². The lowest BCUT2D eigenvalue weighted by molar-refractivity contribution is -0.118. The number of rotatable bonds is 6. The van der Waals surface area contributed by atoms with Gasteiger partial charge in [0.1, 0.15) is 5.70 Å². The zero-order valence-electron chi connectivity index (χ0n) is 15.6. The number of hydrogen-bond acceptors (Lipinski definition) is 3. The Kier molecular flexibility index (Phi) is 6.55. The first-order chi connectivity index (χ1) is 12.4. The summed E-state index contributed by atoms with van der Waals surface area (Å²) in [6, 6.07) is 16.5. The van der Waals surface area contributed by atoms with E-state index in [2.05, 4.69) is 10.6 Å². The van der Waals surface area contributed by atoms with Crippen LogP contribution in [0.4, 0.5) is 5.69 Å². The largest absolute Gasteiger partial charge is 0.378 e. The fourth-order valence-corrected chi connectivity index (χ4v) is 2.32. The van der Waals surface area contributed by atoms with Gasteiger partial charge in [0.05, 0.1) is 0 Å². The summed E-state index contributed by atoms with van der Waals surface area (Å²) in [5.41, 5.74) is 2.60. The molecule has 0 unspecified atom stereocenters. The average molecular weight is 351 g/mol. The van der Waals surface area contributed by atoms with Crippen molar-refractivity contribution in [3.63, 3.8) is 0 Å². The van der Waals surface area contributed by atoms with Crippen molar-refractivity contribution >= 4 is 23.6 Å². The zero-order valence-corrected chi connectivity index (χ0v) is 15.6. The summed E-state index contributed by atoms with van der Waals surface area (Å²) in [5.74, 6) is -0.637. The molecule has 0 aliphatic carbocycles. The van der Waals surface area contributed by atoms with Gasteiger partial charge < -0.3 is 15.5 Å². The number of benzene rings is 2. The molecule has 5 nitrogen and oxygen atoms in total. The Morgan fingerprint density at radius 3 is 2.12 bits per heavy atom. The number of nitrogens with one attached hydrogen (secondary N) is 2. The number of carbonyl (C=O) groups excluding carboxylic acids is 2. The number of amides is 2. The summed E-state index contributed by atoms with van der Waals surface area (Å²) in [6.45, 7) is 3.75. The predicted octanol–water partition coefficient (Wildman–Crippen LogP) is 3.05. The molecule has 26 heavy (non-hydrogen) atoms.